The Kier molecular flexibility index (Phi) is 5.59. The summed E-state index contributed by atoms with van der Waals surface area (Å²) in [4.78, 5) is 35.9. The molecule has 108 valence electrons. The number of hydrogen-bond donors (Lipinski definition) is 3. The molecule has 19 heavy (non-hydrogen) atoms. The van der Waals surface area contributed by atoms with Gasteiger partial charge in [-0.05, 0) is 19.3 Å². The Hall–Kier alpha value is -1.79. The van der Waals surface area contributed by atoms with Crippen molar-refractivity contribution < 1.29 is 19.5 Å². The highest BCUT2D eigenvalue weighted by Crippen LogP contribution is 2.16. The molecule has 3 amide bonds. The largest absolute Gasteiger partial charge is 0.480 e. The van der Waals surface area contributed by atoms with E-state index in [0.29, 0.717) is 19.5 Å². The van der Waals surface area contributed by atoms with Crippen LogP contribution in [-0.2, 0) is 9.59 Å². The first-order valence-corrected chi connectivity index (χ1v) is 6.49. The average Bonchev–Trinajstić information content (AvgIpc) is 2.43. The van der Waals surface area contributed by atoms with E-state index in [4.69, 9.17) is 5.11 Å². The van der Waals surface area contributed by atoms with Crippen LogP contribution < -0.4 is 10.6 Å². The summed E-state index contributed by atoms with van der Waals surface area (Å²) in [7, 11) is 1.57. The van der Waals surface area contributed by atoms with Gasteiger partial charge in [0.15, 0.2) is 0 Å². The summed E-state index contributed by atoms with van der Waals surface area (Å²) in [6.07, 6.45) is 1.82. The maximum atomic E-state index is 11.9. The van der Waals surface area contributed by atoms with Crippen LogP contribution >= 0.6 is 0 Å². The number of amides is 3. The smallest absolute Gasteiger partial charge is 0.326 e. The molecule has 0 bridgehead atoms. The van der Waals surface area contributed by atoms with Crippen molar-refractivity contribution in [3.8, 4) is 0 Å². The van der Waals surface area contributed by atoms with Crippen molar-refractivity contribution in [1.29, 1.82) is 0 Å². The lowest BCUT2D eigenvalue weighted by molar-refractivity contribution is -0.139. The van der Waals surface area contributed by atoms with Gasteiger partial charge >= 0.3 is 12.0 Å². The molecule has 1 heterocycles. The Morgan fingerprint density at radius 1 is 1.42 bits per heavy atom. The standard InChI is InChI=1S/C12H21N3O4/c1-3-9(11(17)18)14-12(19)15-6-4-5-8(7-15)10(16)13-2/h8-9H,3-7H2,1-2H3,(H,13,16)(H,14,19)(H,17,18)/t8?,9-/m0/s1. The third-order valence-corrected chi connectivity index (χ3v) is 3.33. The highest BCUT2D eigenvalue weighted by atomic mass is 16.4. The fraction of sp³-hybridized carbons (Fsp3) is 0.750. The van der Waals surface area contributed by atoms with Crippen LogP contribution in [0.2, 0.25) is 0 Å². The van der Waals surface area contributed by atoms with Crippen LogP contribution in [-0.4, -0.2) is 54.1 Å². The quantitative estimate of drug-likeness (QED) is 0.671. The molecule has 0 aromatic carbocycles. The average molecular weight is 271 g/mol. The SMILES string of the molecule is CC[C@H](NC(=O)N1CCCC(C(=O)NC)C1)C(=O)O. The maximum absolute atomic E-state index is 11.9. The number of urea groups is 1. The van der Waals surface area contributed by atoms with E-state index in [1.807, 2.05) is 0 Å². The molecule has 1 saturated heterocycles. The minimum absolute atomic E-state index is 0.0808. The second-order valence-corrected chi connectivity index (χ2v) is 4.65. The molecule has 0 spiro atoms. The van der Waals surface area contributed by atoms with Crippen LogP contribution in [0.3, 0.4) is 0 Å². The second kappa shape index (κ2) is 6.96. The number of hydrogen-bond acceptors (Lipinski definition) is 3. The molecule has 1 rings (SSSR count). The van der Waals surface area contributed by atoms with Crippen LogP contribution in [0.4, 0.5) is 4.79 Å². The highest BCUT2D eigenvalue weighted by molar-refractivity contribution is 5.83. The van der Waals surface area contributed by atoms with Crippen LogP contribution in [0.25, 0.3) is 0 Å². The van der Waals surface area contributed by atoms with Gasteiger partial charge < -0.3 is 20.6 Å². The molecule has 0 aromatic heterocycles. The summed E-state index contributed by atoms with van der Waals surface area (Å²) in [6, 6.07) is -1.30. The van der Waals surface area contributed by atoms with E-state index in [-0.39, 0.29) is 11.8 Å². The van der Waals surface area contributed by atoms with E-state index < -0.39 is 18.0 Å². The Morgan fingerprint density at radius 3 is 2.63 bits per heavy atom. The Balaban J connectivity index is 2.57. The molecule has 7 nitrogen and oxygen atoms in total. The van der Waals surface area contributed by atoms with E-state index in [1.54, 1.807) is 14.0 Å². The highest BCUT2D eigenvalue weighted by Gasteiger charge is 2.29. The van der Waals surface area contributed by atoms with Gasteiger partial charge in [-0.2, -0.15) is 0 Å². The zero-order valence-electron chi connectivity index (χ0n) is 11.3. The minimum Gasteiger partial charge on any atom is -0.480 e. The Morgan fingerprint density at radius 2 is 2.11 bits per heavy atom. The molecule has 0 radical (unpaired) electrons. The number of nitrogens with zero attached hydrogens (tertiary/aromatic N) is 1. The Labute approximate surface area is 112 Å². The molecular formula is C12H21N3O4. The van der Waals surface area contributed by atoms with Gasteiger partial charge in [0.05, 0.1) is 5.92 Å². The topological polar surface area (TPSA) is 98.7 Å². The predicted octanol–water partition coefficient (Wildman–Crippen LogP) is 0.0172. The lowest BCUT2D eigenvalue weighted by atomic mass is 9.97. The number of carbonyl (C=O) groups excluding carboxylic acids is 2. The zero-order chi connectivity index (χ0) is 14.4. The number of piperidine rings is 1. The van der Waals surface area contributed by atoms with Gasteiger partial charge in [-0.25, -0.2) is 9.59 Å². The molecule has 1 fully saturated rings. The maximum Gasteiger partial charge on any atom is 0.326 e. The minimum atomic E-state index is -1.05. The molecule has 0 aliphatic carbocycles. The number of nitrogens with one attached hydrogen (secondary N) is 2. The zero-order valence-corrected chi connectivity index (χ0v) is 11.3. The number of carboxylic acid groups (broad SMARTS) is 1. The first-order chi connectivity index (χ1) is 8.99. The number of carbonyl (C=O) groups is 3. The van der Waals surface area contributed by atoms with Crippen LogP contribution in [0.1, 0.15) is 26.2 Å². The van der Waals surface area contributed by atoms with E-state index >= 15 is 0 Å². The van der Waals surface area contributed by atoms with Crippen molar-refractivity contribution in [2.24, 2.45) is 5.92 Å². The van der Waals surface area contributed by atoms with Crippen molar-refractivity contribution in [1.82, 2.24) is 15.5 Å². The number of aliphatic carboxylic acids is 1. The predicted molar refractivity (Wildman–Crippen MR) is 68.6 cm³/mol. The van der Waals surface area contributed by atoms with E-state index in [9.17, 15) is 14.4 Å². The van der Waals surface area contributed by atoms with E-state index in [1.165, 1.54) is 4.90 Å². The van der Waals surface area contributed by atoms with E-state index in [0.717, 1.165) is 12.8 Å². The lowest BCUT2D eigenvalue weighted by Gasteiger charge is -2.32. The first-order valence-electron chi connectivity index (χ1n) is 6.49. The second-order valence-electron chi connectivity index (χ2n) is 4.65. The van der Waals surface area contributed by atoms with Gasteiger partial charge in [0.25, 0.3) is 0 Å². The molecule has 1 unspecified atom stereocenters. The van der Waals surface area contributed by atoms with Gasteiger partial charge in [0.2, 0.25) is 5.91 Å². The summed E-state index contributed by atoms with van der Waals surface area (Å²) < 4.78 is 0. The van der Waals surface area contributed by atoms with Crippen molar-refractivity contribution in [2.75, 3.05) is 20.1 Å². The van der Waals surface area contributed by atoms with Crippen LogP contribution in [0.15, 0.2) is 0 Å². The number of likely N-dealkylation sites (tertiary alicyclic amines) is 1. The van der Waals surface area contributed by atoms with Gasteiger partial charge in [0.1, 0.15) is 6.04 Å². The molecule has 1 aliphatic heterocycles. The lowest BCUT2D eigenvalue weighted by Crippen LogP contribution is -2.52. The summed E-state index contributed by atoms with van der Waals surface area (Å²) in [5.74, 6) is -1.34. The van der Waals surface area contributed by atoms with Gasteiger partial charge in [-0.1, -0.05) is 6.92 Å². The Bertz CT molecular complexity index is 359. The normalized spacial score (nSPS) is 20.5. The van der Waals surface area contributed by atoms with E-state index in [2.05, 4.69) is 10.6 Å². The van der Waals surface area contributed by atoms with Crippen molar-refractivity contribution >= 4 is 17.9 Å². The number of carboxylic acids is 1. The summed E-state index contributed by atoms with van der Waals surface area (Å²) in [6.45, 7) is 2.58. The third kappa shape index (κ3) is 4.11. The third-order valence-electron chi connectivity index (χ3n) is 3.33. The van der Waals surface area contributed by atoms with Gasteiger partial charge in [0, 0.05) is 20.1 Å². The molecular weight excluding hydrogens is 250 g/mol. The van der Waals surface area contributed by atoms with Crippen molar-refractivity contribution in [2.45, 2.75) is 32.2 Å². The molecule has 3 N–H and O–H groups in total. The fourth-order valence-corrected chi connectivity index (χ4v) is 2.16. The van der Waals surface area contributed by atoms with Gasteiger partial charge in [-0.3, -0.25) is 4.79 Å². The molecule has 7 heteroatoms. The van der Waals surface area contributed by atoms with Crippen LogP contribution in [0, 0.1) is 5.92 Å². The summed E-state index contributed by atoms with van der Waals surface area (Å²) >= 11 is 0. The van der Waals surface area contributed by atoms with Crippen LogP contribution in [0.5, 0.6) is 0 Å². The van der Waals surface area contributed by atoms with Crippen molar-refractivity contribution in [3.63, 3.8) is 0 Å². The van der Waals surface area contributed by atoms with Crippen molar-refractivity contribution in [3.05, 3.63) is 0 Å². The molecule has 1 aliphatic rings. The monoisotopic (exact) mass is 271 g/mol. The fourth-order valence-electron chi connectivity index (χ4n) is 2.16. The summed E-state index contributed by atoms with van der Waals surface area (Å²) in [5, 5.41) is 13.9. The molecule has 0 aromatic rings. The summed E-state index contributed by atoms with van der Waals surface area (Å²) in [5.41, 5.74) is 0. The molecule has 0 saturated carbocycles. The van der Waals surface area contributed by atoms with Gasteiger partial charge in [-0.15, -0.1) is 0 Å². The molecule has 2 atom stereocenters. The first kappa shape index (κ1) is 15.3. The number of rotatable bonds is 4.